The van der Waals surface area contributed by atoms with Crippen LogP contribution in [0, 0.1) is 11.3 Å². The molecule has 1 saturated heterocycles. The Morgan fingerprint density at radius 2 is 1.49 bits per heavy atom. The predicted molar refractivity (Wildman–Crippen MR) is 144 cm³/mol. The van der Waals surface area contributed by atoms with Crippen molar-refractivity contribution in [1.82, 2.24) is 4.90 Å². The van der Waals surface area contributed by atoms with Crippen molar-refractivity contribution in [3.63, 3.8) is 0 Å². The number of nitrogens with zero attached hydrogens (tertiary/aromatic N) is 2. The number of likely N-dealkylation sites (tertiary alicyclic amines) is 1. The van der Waals surface area contributed by atoms with Gasteiger partial charge in [0, 0.05) is 25.5 Å². The quantitative estimate of drug-likeness (QED) is 0.475. The fourth-order valence-corrected chi connectivity index (χ4v) is 8.51. The van der Waals surface area contributed by atoms with Crippen molar-refractivity contribution >= 4 is 11.9 Å². The van der Waals surface area contributed by atoms with Crippen LogP contribution < -0.4 is 0 Å². The summed E-state index contributed by atoms with van der Waals surface area (Å²) in [4.78, 5) is 30.0. The summed E-state index contributed by atoms with van der Waals surface area (Å²) in [5.41, 5.74) is 3.77. The van der Waals surface area contributed by atoms with E-state index in [1.807, 2.05) is 42.5 Å². The first kappa shape index (κ1) is 24.1. The lowest BCUT2D eigenvalue weighted by molar-refractivity contribution is -0.157. The summed E-state index contributed by atoms with van der Waals surface area (Å²) < 4.78 is 11.5. The zero-order valence-electron chi connectivity index (χ0n) is 22.1. The fraction of sp³-hybridized carbons (Fsp3) is 0.364. The topological polar surface area (TPSA) is 79.6 Å². The number of hydrogen-bond acceptors (Lipinski definition) is 5. The Labute approximate surface area is 228 Å². The van der Waals surface area contributed by atoms with Crippen LogP contribution in [0.5, 0.6) is 0 Å². The Bertz CT molecular complexity index is 1510. The van der Waals surface area contributed by atoms with Crippen LogP contribution in [0.4, 0.5) is 0 Å². The number of carbonyl (C=O) groups excluding carboxylic acids is 2. The van der Waals surface area contributed by atoms with E-state index < -0.39 is 28.9 Å². The standard InChI is InChI=1S/C33H30N2O4/c1-38-28-18-26-20-10-3-8-15-25(20)33(28,31(37)35-17-9-16-27(35)30(36)39-2)29-21-11-4-6-13-23(21)32(26,19-34)24-14-7-5-12-22(24)29/h3-8,10-15,26-29H,9,16-18H2,1-2H3/t26?,27-,28?,29?,32?,33?/m0/s1. The van der Waals surface area contributed by atoms with Gasteiger partial charge >= 0.3 is 5.97 Å². The molecule has 39 heavy (non-hydrogen) atoms. The molecule has 1 fully saturated rings. The molecule has 0 N–H and O–H groups in total. The molecule has 4 aliphatic carbocycles. The number of methoxy groups -OCH3 is 2. The molecule has 1 amide bonds. The lowest BCUT2D eigenvalue weighted by Crippen LogP contribution is -2.65. The van der Waals surface area contributed by atoms with Gasteiger partial charge in [-0.1, -0.05) is 72.8 Å². The maximum Gasteiger partial charge on any atom is 0.328 e. The van der Waals surface area contributed by atoms with Crippen LogP contribution >= 0.6 is 0 Å². The summed E-state index contributed by atoms with van der Waals surface area (Å²) >= 11 is 0. The second kappa shape index (κ2) is 8.53. The van der Waals surface area contributed by atoms with Gasteiger partial charge in [0.2, 0.25) is 5.91 Å². The third-order valence-corrected chi connectivity index (χ3v) is 9.91. The molecule has 5 aliphatic rings. The van der Waals surface area contributed by atoms with Crippen molar-refractivity contribution in [1.29, 1.82) is 5.26 Å². The molecular formula is C33H30N2O4. The minimum Gasteiger partial charge on any atom is -0.467 e. The van der Waals surface area contributed by atoms with Crippen LogP contribution in [0.25, 0.3) is 0 Å². The first-order chi connectivity index (χ1) is 19.0. The average molecular weight is 519 g/mol. The van der Waals surface area contributed by atoms with Gasteiger partial charge in [0.05, 0.1) is 19.3 Å². The molecule has 1 aliphatic heterocycles. The summed E-state index contributed by atoms with van der Waals surface area (Å²) in [7, 11) is 3.05. The summed E-state index contributed by atoms with van der Waals surface area (Å²) in [6.45, 7) is 0.487. The van der Waals surface area contributed by atoms with E-state index in [0.29, 0.717) is 19.4 Å². The van der Waals surface area contributed by atoms with Crippen LogP contribution in [0.2, 0.25) is 0 Å². The number of carbonyl (C=O) groups is 2. The SMILES string of the molecule is COC(=O)[C@@H]1CCCN1C(=O)C12c3ccccc3C(CC1OC)C1(C#N)c3ccccc3C2c2ccccc21. The van der Waals surface area contributed by atoms with Gasteiger partial charge in [-0.25, -0.2) is 4.79 Å². The third kappa shape index (κ3) is 2.79. The smallest absolute Gasteiger partial charge is 0.328 e. The van der Waals surface area contributed by atoms with Gasteiger partial charge in [-0.2, -0.15) is 5.26 Å². The highest BCUT2D eigenvalue weighted by Crippen LogP contribution is 2.67. The Morgan fingerprint density at radius 1 is 0.897 bits per heavy atom. The Hall–Kier alpha value is -3.95. The molecule has 6 nitrogen and oxygen atoms in total. The van der Waals surface area contributed by atoms with Crippen molar-refractivity contribution in [3.05, 3.63) is 106 Å². The monoisotopic (exact) mass is 518 g/mol. The van der Waals surface area contributed by atoms with Gasteiger partial charge in [0.15, 0.2) is 0 Å². The Balaban J connectivity index is 1.63. The minimum atomic E-state index is -1.13. The Morgan fingerprint density at radius 3 is 2.08 bits per heavy atom. The molecule has 0 saturated carbocycles. The first-order valence-corrected chi connectivity index (χ1v) is 13.7. The predicted octanol–water partition coefficient (Wildman–Crippen LogP) is 4.56. The van der Waals surface area contributed by atoms with Crippen LogP contribution in [0.1, 0.15) is 64.5 Å². The second-order valence-electron chi connectivity index (χ2n) is 11.2. The molecular weight excluding hydrogens is 488 g/mol. The second-order valence-corrected chi connectivity index (χ2v) is 11.2. The molecule has 4 atom stereocenters. The fourth-order valence-electron chi connectivity index (χ4n) is 8.51. The van der Waals surface area contributed by atoms with Crippen molar-refractivity contribution in [2.24, 2.45) is 0 Å². The number of esters is 1. The van der Waals surface area contributed by atoms with Crippen LogP contribution in [-0.4, -0.2) is 49.7 Å². The third-order valence-electron chi connectivity index (χ3n) is 9.91. The zero-order chi connectivity index (χ0) is 26.9. The van der Waals surface area contributed by atoms with Gasteiger partial charge < -0.3 is 14.4 Å². The number of nitriles is 1. The van der Waals surface area contributed by atoms with Gasteiger partial charge in [-0.15, -0.1) is 0 Å². The summed E-state index contributed by atoms with van der Waals surface area (Å²) in [5.74, 6) is -1.10. The summed E-state index contributed by atoms with van der Waals surface area (Å²) in [5, 5.41) is 11.1. The van der Waals surface area contributed by atoms with Gasteiger partial charge in [0.1, 0.15) is 16.9 Å². The van der Waals surface area contributed by atoms with Gasteiger partial charge in [-0.05, 0) is 52.6 Å². The van der Waals surface area contributed by atoms with Gasteiger partial charge in [0.25, 0.3) is 0 Å². The molecule has 3 aromatic carbocycles. The molecule has 0 radical (unpaired) electrons. The van der Waals surface area contributed by atoms with Crippen molar-refractivity contribution < 1.29 is 19.1 Å². The van der Waals surface area contributed by atoms with E-state index in [0.717, 1.165) is 39.8 Å². The molecule has 196 valence electrons. The Kier molecular flexibility index (Phi) is 5.27. The van der Waals surface area contributed by atoms with E-state index in [2.05, 4.69) is 36.4 Å². The molecule has 6 heteroatoms. The average Bonchev–Trinajstić information content (AvgIpc) is 3.47. The maximum atomic E-state index is 15.3. The van der Waals surface area contributed by atoms with E-state index in [1.54, 1.807) is 12.0 Å². The minimum absolute atomic E-state index is 0.103. The highest BCUT2D eigenvalue weighted by atomic mass is 16.5. The first-order valence-electron chi connectivity index (χ1n) is 13.7. The van der Waals surface area contributed by atoms with Crippen LogP contribution in [0.15, 0.2) is 72.8 Å². The summed E-state index contributed by atoms with van der Waals surface area (Å²) in [6, 6.07) is 26.6. The molecule has 3 unspecified atom stereocenters. The lowest BCUT2D eigenvalue weighted by atomic mass is 9.43. The number of hydrogen-bond donors (Lipinski definition) is 0. The lowest BCUT2D eigenvalue weighted by Gasteiger charge is -2.60. The van der Waals surface area contributed by atoms with E-state index in [-0.39, 0.29) is 17.8 Å². The molecule has 0 spiro atoms. The molecule has 3 aromatic rings. The van der Waals surface area contributed by atoms with Crippen LogP contribution in [-0.2, 0) is 29.9 Å². The van der Waals surface area contributed by atoms with Crippen molar-refractivity contribution in [2.75, 3.05) is 20.8 Å². The van der Waals surface area contributed by atoms with E-state index in [1.165, 1.54) is 7.11 Å². The van der Waals surface area contributed by atoms with E-state index in [4.69, 9.17) is 9.47 Å². The van der Waals surface area contributed by atoms with Crippen molar-refractivity contribution in [3.8, 4) is 6.07 Å². The number of amides is 1. The molecule has 8 rings (SSSR count). The number of ether oxygens (including phenoxy) is 2. The zero-order valence-corrected chi connectivity index (χ0v) is 22.1. The van der Waals surface area contributed by atoms with Gasteiger partial charge in [-0.3, -0.25) is 4.79 Å². The van der Waals surface area contributed by atoms with Crippen LogP contribution in [0.3, 0.4) is 0 Å². The molecule has 1 heterocycles. The largest absolute Gasteiger partial charge is 0.467 e. The summed E-state index contributed by atoms with van der Waals surface area (Å²) in [6.07, 6.45) is 1.33. The van der Waals surface area contributed by atoms with Crippen molar-refractivity contribution in [2.45, 2.75) is 54.1 Å². The molecule has 0 aromatic heterocycles. The number of rotatable bonds is 3. The van der Waals surface area contributed by atoms with E-state index >= 15 is 4.79 Å². The maximum absolute atomic E-state index is 15.3. The van der Waals surface area contributed by atoms with E-state index in [9.17, 15) is 10.1 Å². The molecule has 4 bridgehead atoms. The highest BCUT2D eigenvalue weighted by molar-refractivity contribution is 5.96. The normalized spacial score (nSPS) is 31.4. The highest BCUT2D eigenvalue weighted by Gasteiger charge is 2.68. The number of benzene rings is 3.